The van der Waals surface area contributed by atoms with Crippen molar-refractivity contribution in [2.45, 2.75) is 31.7 Å². The Morgan fingerprint density at radius 1 is 1.42 bits per heavy atom. The molecule has 1 aromatic heterocycles. The monoisotopic (exact) mass is 189 g/mol. The molecule has 0 atom stereocenters. The molecule has 0 aromatic carbocycles. The molecule has 68 valence electrons. The Hall–Kier alpha value is -0.610. The molecule has 1 aliphatic rings. The van der Waals surface area contributed by atoms with Crippen LogP contribution in [0.2, 0.25) is 0 Å². The van der Waals surface area contributed by atoms with Crippen LogP contribution in [0.25, 0.3) is 0 Å². The molecule has 1 heterocycles. The van der Waals surface area contributed by atoms with E-state index in [0.29, 0.717) is 17.9 Å². The molecule has 1 aliphatic carbocycles. The lowest BCUT2D eigenvalue weighted by atomic mass is 9.81. The SMILES string of the molecule is Cc1nnc(C2CC(N)C2)o1.Cl. The average molecular weight is 190 g/mol. The smallest absolute Gasteiger partial charge is 0.219 e. The first-order chi connectivity index (χ1) is 5.25. The molecule has 1 fully saturated rings. The minimum Gasteiger partial charge on any atom is -0.425 e. The highest BCUT2D eigenvalue weighted by Gasteiger charge is 2.31. The molecular formula is C7H12ClN3O. The first-order valence-corrected chi connectivity index (χ1v) is 3.81. The van der Waals surface area contributed by atoms with Crippen LogP contribution >= 0.6 is 12.4 Å². The van der Waals surface area contributed by atoms with Gasteiger partial charge in [-0.05, 0) is 12.8 Å². The Morgan fingerprint density at radius 3 is 2.50 bits per heavy atom. The van der Waals surface area contributed by atoms with E-state index in [4.69, 9.17) is 10.2 Å². The van der Waals surface area contributed by atoms with Gasteiger partial charge in [0.1, 0.15) is 0 Å². The van der Waals surface area contributed by atoms with Crippen LogP contribution < -0.4 is 5.73 Å². The van der Waals surface area contributed by atoms with Crippen molar-refractivity contribution in [2.24, 2.45) is 5.73 Å². The van der Waals surface area contributed by atoms with Gasteiger partial charge >= 0.3 is 0 Å². The van der Waals surface area contributed by atoms with Gasteiger partial charge in [-0.2, -0.15) is 0 Å². The van der Waals surface area contributed by atoms with Gasteiger partial charge in [0.25, 0.3) is 0 Å². The van der Waals surface area contributed by atoms with E-state index in [1.165, 1.54) is 0 Å². The summed E-state index contributed by atoms with van der Waals surface area (Å²) in [6.45, 7) is 1.80. The highest BCUT2D eigenvalue weighted by atomic mass is 35.5. The Balaban J connectivity index is 0.000000720. The number of aromatic nitrogens is 2. The summed E-state index contributed by atoms with van der Waals surface area (Å²) >= 11 is 0. The average Bonchev–Trinajstić information content (AvgIpc) is 2.29. The van der Waals surface area contributed by atoms with Crippen molar-refractivity contribution >= 4 is 12.4 Å². The van der Waals surface area contributed by atoms with Crippen molar-refractivity contribution in [3.05, 3.63) is 11.8 Å². The second kappa shape index (κ2) is 3.41. The highest BCUT2D eigenvalue weighted by Crippen LogP contribution is 2.34. The highest BCUT2D eigenvalue weighted by molar-refractivity contribution is 5.85. The molecule has 0 amide bonds. The first kappa shape index (κ1) is 9.48. The van der Waals surface area contributed by atoms with E-state index in [-0.39, 0.29) is 12.4 Å². The Labute approximate surface area is 76.9 Å². The zero-order valence-electron chi connectivity index (χ0n) is 6.86. The van der Waals surface area contributed by atoms with Crippen molar-refractivity contribution < 1.29 is 4.42 Å². The van der Waals surface area contributed by atoms with Gasteiger partial charge in [-0.1, -0.05) is 0 Å². The summed E-state index contributed by atoms with van der Waals surface area (Å²) in [5, 5.41) is 7.69. The molecule has 1 aromatic rings. The van der Waals surface area contributed by atoms with Gasteiger partial charge in [-0.15, -0.1) is 22.6 Å². The zero-order valence-corrected chi connectivity index (χ0v) is 7.67. The van der Waals surface area contributed by atoms with Crippen LogP contribution in [0, 0.1) is 6.92 Å². The zero-order chi connectivity index (χ0) is 7.84. The van der Waals surface area contributed by atoms with Gasteiger partial charge < -0.3 is 10.2 Å². The molecule has 0 unspecified atom stereocenters. The fourth-order valence-electron chi connectivity index (χ4n) is 1.34. The number of nitrogens with zero attached hydrogens (tertiary/aromatic N) is 2. The normalized spacial score (nSPS) is 27.5. The van der Waals surface area contributed by atoms with Gasteiger partial charge in [0.2, 0.25) is 11.8 Å². The predicted octanol–water partition coefficient (Wildman–Crippen LogP) is 1.00. The molecule has 0 aliphatic heterocycles. The maximum atomic E-state index is 5.62. The van der Waals surface area contributed by atoms with E-state index in [0.717, 1.165) is 18.7 Å². The molecule has 5 heteroatoms. The Morgan fingerprint density at radius 2 is 2.08 bits per heavy atom. The molecule has 2 N–H and O–H groups in total. The molecule has 0 spiro atoms. The van der Waals surface area contributed by atoms with Crippen LogP contribution in [-0.2, 0) is 0 Å². The minimum absolute atomic E-state index is 0. The largest absolute Gasteiger partial charge is 0.425 e. The fourth-order valence-corrected chi connectivity index (χ4v) is 1.34. The van der Waals surface area contributed by atoms with E-state index in [1.54, 1.807) is 6.92 Å². The fraction of sp³-hybridized carbons (Fsp3) is 0.714. The lowest BCUT2D eigenvalue weighted by Gasteiger charge is -2.29. The standard InChI is InChI=1S/C7H11N3O.ClH/c1-4-9-10-7(11-4)5-2-6(8)3-5;/h5-6H,2-3,8H2,1H3;1H. The lowest BCUT2D eigenvalue weighted by Crippen LogP contribution is -2.34. The van der Waals surface area contributed by atoms with E-state index in [9.17, 15) is 0 Å². The molecule has 0 radical (unpaired) electrons. The van der Waals surface area contributed by atoms with Crippen LogP contribution in [0.3, 0.4) is 0 Å². The van der Waals surface area contributed by atoms with Gasteiger partial charge in [0, 0.05) is 18.9 Å². The van der Waals surface area contributed by atoms with Crippen molar-refractivity contribution in [1.82, 2.24) is 10.2 Å². The summed E-state index contributed by atoms with van der Waals surface area (Å²) in [6, 6.07) is 0.340. The summed E-state index contributed by atoms with van der Waals surface area (Å²) in [4.78, 5) is 0. The summed E-state index contributed by atoms with van der Waals surface area (Å²) < 4.78 is 5.26. The molecular weight excluding hydrogens is 178 g/mol. The van der Waals surface area contributed by atoms with Crippen LogP contribution in [0.4, 0.5) is 0 Å². The second-order valence-electron chi connectivity index (χ2n) is 3.09. The van der Waals surface area contributed by atoms with Crippen molar-refractivity contribution in [3.8, 4) is 0 Å². The van der Waals surface area contributed by atoms with Crippen molar-refractivity contribution in [2.75, 3.05) is 0 Å². The van der Waals surface area contributed by atoms with Gasteiger partial charge in [-0.3, -0.25) is 0 Å². The summed E-state index contributed by atoms with van der Waals surface area (Å²) in [5.41, 5.74) is 5.62. The quantitative estimate of drug-likeness (QED) is 0.716. The maximum Gasteiger partial charge on any atom is 0.219 e. The molecule has 0 saturated heterocycles. The van der Waals surface area contributed by atoms with Crippen molar-refractivity contribution in [1.29, 1.82) is 0 Å². The second-order valence-corrected chi connectivity index (χ2v) is 3.09. The first-order valence-electron chi connectivity index (χ1n) is 3.81. The summed E-state index contributed by atoms with van der Waals surface area (Å²) in [7, 11) is 0. The number of rotatable bonds is 1. The summed E-state index contributed by atoms with van der Waals surface area (Å²) in [6.07, 6.45) is 1.98. The van der Waals surface area contributed by atoms with E-state index >= 15 is 0 Å². The number of aryl methyl sites for hydroxylation is 1. The number of hydrogen-bond donors (Lipinski definition) is 1. The topological polar surface area (TPSA) is 64.9 Å². The number of hydrogen-bond acceptors (Lipinski definition) is 4. The summed E-state index contributed by atoms with van der Waals surface area (Å²) in [5.74, 6) is 1.82. The van der Waals surface area contributed by atoms with Crippen LogP contribution in [0.15, 0.2) is 4.42 Å². The number of halogens is 1. The van der Waals surface area contributed by atoms with E-state index < -0.39 is 0 Å². The third kappa shape index (κ3) is 1.59. The van der Waals surface area contributed by atoms with Gasteiger partial charge in [0.05, 0.1) is 0 Å². The Kier molecular flexibility index (Phi) is 2.69. The molecule has 12 heavy (non-hydrogen) atoms. The predicted molar refractivity (Wildman–Crippen MR) is 46.2 cm³/mol. The molecule has 1 saturated carbocycles. The number of nitrogens with two attached hydrogens (primary N) is 1. The molecule has 2 rings (SSSR count). The van der Waals surface area contributed by atoms with E-state index in [1.807, 2.05) is 0 Å². The lowest BCUT2D eigenvalue weighted by molar-refractivity contribution is 0.289. The van der Waals surface area contributed by atoms with E-state index in [2.05, 4.69) is 10.2 Å². The van der Waals surface area contributed by atoms with Crippen LogP contribution in [0.5, 0.6) is 0 Å². The molecule has 0 bridgehead atoms. The molecule has 4 nitrogen and oxygen atoms in total. The van der Waals surface area contributed by atoms with Crippen LogP contribution in [0.1, 0.15) is 30.5 Å². The van der Waals surface area contributed by atoms with Crippen LogP contribution in [-0.4, -0.2) is 16.2 Å². The van der Waals surface area contributed by atoms with Gasteiger partial charge in [-0.25, -0.2) is 0 Å². The third-order valence-corrected chi connectivity index (χ3v) is 2.07. The minimum atomic E-state index is 0. The van der Waals surface area contributed by atoms with Crippen molar-refractivity contribution in [3.63, 3.8) is 0 Å². The van der Waals surface area contributed by atoms with Gasteiger partial charge in [0.15, 0.2) is 0 Å². The Bertz CT molecular complexity index is 257. The third-order valence-electron chi connectivity index (χ3n) is 2.07. The maximum absolute atomic E-state index is 5.62.